The van der Waals surface area contributed by atoms with Gasteiger partial charge in [-0.25, -0.2) is 10.4 Å². The first kappa shape index (κ1) is 19.3. The van der Waals surface area contributed by atoms with E-state index in [0.29, 0.717) is 18.1 Å². The normalized spacial score (nSPS) is 10.7. The lowest BCUT2D eigenvalue weighted by Crippen LogP contribution is -2.25. The maximum atomic E-state index is 11.9. The van der Waals surface area contributed by atoms with Gasteiger partial charge in [0.2, 0.25) is 0 Å². The van der Waals surface area contributed by atoms with E-state index in [1.807, 2.05) is 60.5 Å². The number of aromatic nitrogens is 1. The lowest BCUT2D eigenvalue weighted by molar-refractivity contribution is -0.119. The van der Waals surface area contributed by atoms with E-state index < -0.39 is 0 Å². The number of nitrogens with one attached hydrogen (secondary N) is 2. The molecule has 0 saturated carbocycles. The Balaban J connectivity index is 1.46. The summed E-state index contributed by atoms with van der Waals surface area (Å²) in [4.78, 5) is 18.4. The van der Waals surface area contributed by atoms with Gasteiger partial charge in [-0.15, -0.1) is 0 Å². The van der Waals surface area contributed by atoms with Gasteiger partial charge in [0.25, 0.3) is 5.91 Å². The zero-order valence-electron chi connectivity index (χ0n) is 15.4. The van der Waals surface area contributed by atoms with Gasteiger partial charge in [-0.3, -0.25) is 4.79 Å². The number of carbonyl (C=O) groups excluding carboxylic acids is 1. The van der Waals surface area contributed by atoms with Crippen molar-refractivity contribution in [3.8, 4) is 6.07 Å². The van der Waals surface area contributed by atoms with E-state index in [9.17, 15) is 4.79 Å². The van der Waals surface area contributed by atoms with Crippen molar-refractivity contribution in [2.24, 2.45) is 5.10 Å². The minimum atomic E-state index is -0.247. The highest BCUT2D eigenvalue weighted by atomic mass is 32.1. The highest BCUT2D eigenvalue weighted by Gasteiger charge is 2.05. The lowest BCUT2D eigenvalue weighted by Gasteiger charge is -2.17. The third kappa shape index (κ3) is 5.28. The van der Waals surface area contributed by atoms with Crippen molar-refractivity contribution in [1.82, 2.24) is 10.4 Å². The molecule has 1 heterocycles. The number of carbonyl (C=O) groups is 1. The van der Waals surface area contributed by atoms with Crippen LogP contribution >= 0.6 is 11.3 Å². The molecule has 3 aromatic rings. The predicted molar refractivity (Wildman–Crippen MR) is 114 cm³/mol. The van der Waals surface area contributed by atoms with Crippen LogP contribution in [-0.4, -0.2) is 37.2 Å². The molecule has 0 radical (unpaired) electrons. The Kier molecular flexibility index (Phi) is 6.54. The van der Waals surface area contributed by atoms with Crippen LogP contribution in [-0.2, 0) is 4.79 Å². The van der Waals surface area contributed by atoms with Gasteiger partial charge in [0, 0.05) is 19.3 Å². The number of nitrogens with zero attached hydrogens (tertiary/aromatic N) is 4. The minimum absolute atomic E-state index is 0.0970. The number of benzene rings is 2. The van der Waals surface area contributed by atoms with E-state index in [0.717, 1.165) is 21.5 Å². The Morgan fingerprint density at radius 3 is 2.82 bits per heavy atom. The molecule has 0 fully saturated rings. The molecule has 142 valence electrons. The standard InChI is InChI=1S/C20H20N6OS/c1-26(12-4-11-21)16-9-7-15(8-10-16)13-23-25-19(27)14-22-20-24-17-5-2-3-6-18(17)28-20/h2-3,5-10,13H,4,12,14H2,1H3,(H,22,24)(H,25,27)/b23-13-. The number of para-hydroxylation sites is 1. The summed E-state index contributed by atoms with van der Waals surface area (Å²) < 4.78 is 1.07. The second-order valence-corrected chi connectivity index (χ2v) is 7.09. The molecule has 1 amide bonds. The van der Waals surface area contributed by atoms with Crippen LogP contribution < -0.4 is 15.6 Å². The van der Waals surface area contributed by atoms with Crippen molar-refractivity contribution in [2.45, 2.75) is 6.42 Å². The molecule has 2 N–H and O–H groups in total. The van der Waals surface area contributed by atoms with E-state index in [1.165, 1.54) is 11.3 Å². The fourth-order valence-electron chi connectivity index (χ4n) is 2.48. The number of hydrogen-bond donors (Lipinski definition) is 2. The first-order chi connectivity index (χ1) is 13.7. The second-order valence-electron chi connectivity index (χ2n) is 6.05. The van der Waals surface area contributed by atoms with E-state index >= 15 is 0 Å². The molecule has 3 rings (SSSR count). The van der Waals surface area contributed by atoms with Gasteiger partial charge in [-0.05, 0) is 29.8 Å². The van der Waals surface area contributed by atoms with E-state index in [-0.39, 0.29) is 12.5 Å². The molecule has 8 heteroatoms. The number of fused-ring (bicyclic) bond motifs is 1. The number of hydrazone groups is 1. The summed E-state index contributed by atoms with van der Waals surface area (Å²) in [5.41, 5.74) is 5.31. The first-order valence-electron chi connectivity index (χ1n) is 8.75. The fraction of sp³-hybridized carbons (Fsp3) is 0.200. The summed E-state index contributed by atoms with van der Waals surface area (Å²) in [6, 6.07) is 17.7. The molecule has 0 spiro atoms. The zero-order chi connectivity index (χ0) is 19.8. The molecule has 0 aliphatic carbocycles. The average Bonchev–Trinajstić information content (AvgIpc) is 3.14. The number of thiazole rings is 1. The monoisotopic (exact) mass is 392 g/mol. The molecular weight excluding hydrogens is 372 g/mol. The molecule has 0 aliphatic rings. The summed E-state index contributed by atoms with van der Waals surface area (Å²) in [6.07, 6.45) is 2.07. The van der Waals surface area contributed by atoms with Gasteiger partial charge in [-0.2, -0.15) is 10.4 Å². The molecule has 1 aromatic heterocycles. The molecule has 0 unspecified atom stereocenters. The predicted octanol–water partition coefficient (Wildman–Crippen LogP) is 3.21. The van der Waals surface area contributed by atoms with Crippen LogP contribution in [0.15, 0.2) is 53.6 Å². The molecular formula is C20H20N6OS. The third-order valence-corrected chi connectivity index (χ3v) is 4.98. The number of rotatable bonds is 8. The van der Waals surface area contributed by atoms with Gasteiger partial charge in [0.1, 0.15) is 0 Å². The van der Waals surface area contributed by atoms with E-state index in [1.54, 1.807) is 6.21 Å². The van der Waals surface area contributed by atoms with Gasteiger partial charge < -0.3 is 10.2 Å². The van der Waals surface area contributed by atoms with Gasteiger partial charge in [0.15, 0.2) is 5.13 Å². The van der Waals surface area contributed by atoms with Crippen molar-refractivity contribution < 1.29 is 4.79 Å². The average molecular weight is 392 g/mol. The van der Waals surface area contributed by atoms with Crippen molar-refractivity contribution in [2.75, 3.05) is 30.4 Å². The van der Waals surface area contributed by atoms with E-state index in [4.69, 9.17) is 5.26 Å². The maximum absolute atomic E-state index is 11.9. The summed E-state index contributed by atoms with van der Waals surface area (Å²) in [5.74, 6) is -0.247. The van der Waals surface area contributed by atoms with Crippen LogP contribution in [0.3, 0.4) is 0 Å². The van der Waals surface area contributed by atoms with Gasteiger partial charge in [0.05, 0.1) is 35.5 Å². The number of anilines is 2. The van der Waals surface area contributed by atoms with Gasteiger partial charge >= 0.3 is 0 Å². The number of nitriles is 1. The van der Waals surface area contributed by atoms with Crippen LogP contribution in [0, 0.1) is 11.3 Å². The second kappa shape index (κ2) is 9.48. The molecule has 2 aromatic carbocycles. The topological polar surface area (TPSA) is 93.4 Å². The largest absolute Gasteiger partial charge is 0.374 e. The number of hydrogen-bond acceptors (Lipinski definition) is 7. The smallest absolute Gasteiger partial charge is 0.259 e. The van der Waals surface area contributed by atoms with Crippen LogP contribution in [0.2, 0.25) is 0 Å². The zero-order valence-corrected chi connectivity index (χ0v) is 16.2. The van der Waals surface area contributed by atoms with Gasteiger partial charge in [-0.1, -0.05) is 35.6 Å². The molecule has 0 saturated heterocycles. The third-order valence-electron chi connectivity index (χ3n) is 3.99. The van der Waals surface area contributed by atoms with E-state index in [2.05, 4.69) is 26.9 Å². The quantitative estimate of drug-likeness (QED) is 0.453. The van der Waals surface area contributed by atoms with Crippen molar-refractivity contribution in [1.29, 1.82) is 5.26 Å². The minimum Gasteiger partial charge on any atom is -0.374 e. The molecule has 0 aliphatic heterocycles. The summed E-state index contributed by atoms with van der Waals surface area (Å²) in [7, 11) is 1.94. The van der Waals surface area contributed by atoms with Crippen molar-refractivity contribution in [3.05, 3.63) is 54.1 Å². The Morgan fingerprint density at radius 2 is 2.07 bits per heavy atom. The SMILES string of the molecule is CN(CCC#N)c1ccc(/C=N\NC(=O)CNc2nc3ccccc3s2)cc1. The highest BCUT2D eigenvalue weighted by Crippen LogP contribution is 2.24. The molecule has 7 nitrogen and oxygen atoms in total. The van der Waals surface area contributed by atoms with Crippen LogP contribution in [0.4, 0.5) is 10.8 Å². The summed E-state index contributed by atoms with van der Waals surface area (Å²) in [6.45, 7) is 0.779. The summed E-state index contributed by atoms with van der Waals surface area (Å²) in [5, 5.41) is 16.3. The van der Waals surface area contributed by atoms with Crippen LogP contribution in [0.25, 0.3) is 10.2 Å². The lowest BCUT2D eigenvalue weighted by atomic mass is 10.2. The van der Waals surface area contributed by atoms with Crippen LogP contribution in [0.5, 0.6) is 0 Å². The molecule has 28 heavy (non-hydrogen) atoms. The molecule has 0 bridgehead atoms. The summed E-state index contributed by atoms with van der Waals surface area (Å²) >= 11 is 1.51. The maximum Gasteiger partial charge on any atom is 0.259 e. The Hall–Kier alpha value is -3.44. The van der Waals surface area contributed by atoms with Crippen molar-refractivity contribution in [3.63, 3.8) is 0 Å². The highest BCUT2D eigenvalue weighted by molar-refractivity contribution is 7.22. The van der Waals surface area contributed by atoms with Crippen LogP contribution in [0.1, 0.15) is 12.0 Å². The Morgan fingerprint density at radius 1 is 1.29 bits per heavy atom. The Labute approximate surface area is 167 Å². The fourth-order valence-corrected chi connectivity index (χ4v) is 3.35. The molecule has 0 atom stereocenters. The van der Waals surface area contributed by atoms with Crippen molar-refractivity contribution >= 4 is 44.5 Å². The first-order valence-corrected chi connectivity index (χ1v) is 9.57. The number of amides is 1. The Bertz CT molecular complexity index is 972.